The van der Waals surface area contributed by atoms with Gasteiger partial charge in [-0.3, -0.25) is 4.79 Å². The maximum absolute atomic E-state index is 11.3. The number of amides is 1. The van der Waals surface area contributed by atoms with E-state index in [0.29, 0.717) is 12.6 Å². The molecule has 1 fully saturated rings. The number of hydrogen-bond acceptors (Lipinski definition) is 3. The summed E-state index contributed by atoms with van der Waals surface area (Å²) in [5, 5.41) is 15.4. The monoisotopic (exact) mass is 214 g/mol. The summed E-state index contributed by atoms with van der Waals surface area (Å²) in [5.74, 6) is 0.0520. The molecule has 0 atom stereocenters. The van der Waals surface area contributed by atoms with Gasteiger partial charge in [-0.15, -0.1) is 0 Å². The van der Waals surface area contributed by atoms with Crippen LogP contribution in [-0.4, -0.2) is 35.7 Å². The van der Waals surface area contributed by atoms with E-state index in [2.05, 4.69) is 10.6 Å². The van der Waals surface area contributed by atoms with Crippen molar-refractivity contribution >= 4 is 5.91 Å². The molecule has 0 aliphatic heterocycles. The van der Waals surface area contributed by atoms with E-state index >= 15 is 0 Å². The molecule has 4 nitrogen and oxygen atoms in total. The molecule has 1 rings (SSSR count). The molecule has 0 radical (unpaired) electrons. The molecule has 1 aliphatic carbocycles. The van der Waals surface area contributed by atoms with Gasteiger partial charge in [0.15, 0.2) is 0 Å². The Kier molecular flexibility index (Phi) is 5.05. The number of nitrogens with one attached hydrogen (secondary N) is 2. The minimum Gasteiger partial charge on any atom is -0.393 e. The summed E-state index contributed by atoms with van der Waals surface area (Å²) >= 11 is 0. The van der Waals surface area contributed by atoms with Gasteiger partial charge in [0, 0.05) is 12.1 Å². The SMILES string of the molecule is CC(C)NC(=O)CNC1CCC(O)CC1. The second-order valence-electron chi connectivity index (χ2n) is 4.61. The quantitative estimate of drug-likeness (QED) is 0.635. The molecule has 0 aromatic rings. The van der Waals surface area contributed by atoms with Crippen LogP contribution in [0.3, 0.4) is 0 Å². The van der Waals surface area contributed by atoms with E-state index < -0.39 is 0 Å². The maximum Gasteiger partial charge on any atom is 0.234 e. The maximum atomic E-state index is 11.3. The van der Waals surface area contributed by atoms with Crippen LogP contribution in [0.4, 0.5) is 0 Å². The van der Waals surface area contributed by atoms with Crippen molar-refractivity contribution in [3.63, 3.8) is 0 Å². The smallest absolute Gasteiger partial charge is 0.234 e. The minimum atomic E-state index is -0.132. The third kappa shape index (κ3) is 5.14. The van der Waals surface area contributed by atoms with Crippen LogP contribution >= 0.6 is 0 Å². The van der Waals surface area contributed by atoms with E-state index in [1.807, 2.05) is 13.8 Å². The van der Waals surface area contributed by atoms with Crippen LogP contribution in [0.5, 0.6) is 0 Å². The molecular weight excluding hydrogens is 192 g/mol. The number of rotatable bonds is 4. The van der Waals surface area contributed by atoms with Gasteiger partial charge in [0.1, 0.15) is 0 Å². The highest BCUT2D eigenvalue weighted by Crippen LogP contribution is 2.17. The van der Waals surface area contributed by atoms with Crippen LogP contribution in [0.15, 0.2) is 0 Å². The standard InChI is InChI=1S/C11H22N2O2/c1-8(2)13-11(15)7-12-9-3-5-10(14)6-4-9/h8-10,12,14H,3-7H2,1-2H3,(H,13,15). The van der Waals surface area contributed by atoms with Gasteiger partial charge in [-0.1, -0.05) is 0 Å². The molecule has 0 heterocycles. The van der Waals surface area contributed by atoms with Crippen LogP contribution in [-0.2, 0) is 4.79 Å². The molecule has 4 heteroatoms. The predicted molar refractivity (Wildman–Crippen MR) is 59.5 cm³/mol. The molecule has 0 saturated heterocycles. The Morgan fingerprint density at radius 1 is 1.33 bits per heavy atom. The summed E-state index contributed by atoms with van der Waals surface area (Å²) in [6.07, 6.45) is 3.51. The lowest BCUT2D eigenvalue weighted by atomic mass is 9.93. The van der Waals surface area contributed by atoms with Crippen molar-refractivity contribution in [2.75, 3.05) is 6.54 Å². The number of hydrogen-bond donors (Lipinski definition) is 3. The van der Waals surface area contributed by atoms with E-state index in [4.69, 9.17) is 0 Å². The van der Waals surface area contributed by atoms with Crippen LogP contribution in [0.25, 0.3) is 0 Å². The Bertz CT molecular complexity index is 199. The van der Waals surface area contributed by atoms with Crippen molar-refractivity contribution in [1.82, 2.24) is 10.6 Å². The number of aliphatic hydroxyl groups is 1. The second kappa shape index (κ2) is 6.08. The summed E-state index contributed by atoms with van der Waals surface area (Å²) in [5.41, 5.74) is 0. The molecule has 0 aromatic heterocycles. The molecule has 0 spiro atoms. The number of carbonyl (C=O) groups excluding carboxylic acids is 1. The Morgan fingerprint density at radius 3 is 2.47 bits per heavy atom. The molecule has 0 aromatic carbocycles. The lowest BCUT2D eigenvalue weighted by Crippen LogP contribution is -2.43. The summed E-state index contributed by atoms with van der Waals surface area (Å²) < 4.78 is 0. The average molecular weight is 214 g/mol. The van der Waals surface area contributed by atoms with E-state index in [1.165, 1.54) is 0 Å². The molecule has 88 valence electrons. The van der Waals surface area contributed by atoms with E-state index in [0.717, 1.165) is 25.7 Å². The fraction of sp³-hybridized carbons (Fsp3) is 0.909. The molecule has 1 aliphatic rings. The third-order valence-electron chi connectivity index (χ3n) is 2.70. The van der Waals surface area contributed by atoms with Gasteiger partial charge in [0.25, 0.3) is 0 Å². The van der Waals surface area contributed by atoms with Crippen molar-refractivity contribution < 1.29 is 9.90 Å². The lowest BCUT2D eigenvalue weighted by molar-refractivity contribution is -0.120. The van der Waals surface area contributed by atoms with Gasteiger partial charge in [-0.25, -0.2) is 0 Å². The second-order valence-corrected chi connectivity index (χ2v) is 4.61. The molecule has 15 heavy (non-hydrogen) atoms. The van der Waals surface area contributed by atoms with E-state index in [1.54, 1.807) is 0 Å². The Labute approximate surface area is 91.4 Å². The first-order valence-corrected chi connectivity index (χ1v) is 5.78. The van der Waals surface area contributed by atoms with E-state index in [9.17, 15) is 9.90 Å². The predicted octanol–water partition coefficient (Wildman–Crippen LogP) is 0.404. The van der Waals surface area contributed by atoms with Crippen LogP contribution in [0.1, 0.15) is 39.5 Å². The lowest BCUT2D eigenvalue weighted by Gasteiger charge is -2.26. The van der Waals surface area contributed by atoms with Gasteiger partial charge in [-0.05, 0) is 39.5 Å². The van der Waals surface area contributed by atoms with Gasteiger partial charge >= 0.3 is 0 Å². The van der Waals surface area contributed by atoms with Gasteiger partial charge in [-0.2, -0.15) is 0 Å². The first-order chi connectivity index (χ1) is 7.08. The first kappa shape index (κ1) is 12.5. The van der Waals surface area contributed by atoms with Gasteiger partial charge in [0.2, 0.25) is 5.91 Å². The molecular formula is C11H22N2O2. The van der Waals surface area contributed by atoms with Crippen LogP contribution in [0.2, 0.25) is 0 Å². The Hall–Kier alpha value is -0.610. The van der Waals surface area contributed by atoms with Crippen molar-refractivity contribution in [1.29, 1.82) is 0 Å². The zero-order valence-electron chi connectivity index (χ0n) is 9.62. The molecule has 0 unspecified atom stereocenters. The summed E-state index contributed by atoms with van der Waals surface area (Å²) in [4.78, 5) is 11.3. The van der Waals surface area contributed by atoms with Gasteiger partial charge < -0.3 is 15.7 Å². The molecule has 3 N–H and O–H groups in total. The molecule has 0 bridgehead atoms. The van der Waals surface area contributed by atoms with Crippen molar-refractivity contribution in [2.24, 2.45) is 0 Å². The Morgan fingerprint density at radius 2 is 1.93 bits per heavy atom. The Balaban J connectivity index is 2.12. The van der Waals surface area contributed by atoms with Crippen molar-refractivity contribution in [3.05, 3.63) is 0 Å². The van der Waals surface area contributed by atoms with Gasteiger partial charge in [0.05, 0.1) is 12.6 Å². The van der Waals surface area contributed by atoms with Crippen molar-refractivity contribution in [2.45, 2.75) is 57.7 Å². The summed E-state index contributed by atoms with van der Waals surface area (Å²) in [6.45, 7) is 4.29. The number of carbonyl (C=O) groups is 1. The molecule has 1 saturated carbocycles. The summed E-state index contributed by atoms with van der Waals surface area (Å²) in [6, 6.07) is 0.596. The van der Waals surface area contributed by atoms with E-state index in [-0.39, 0.29) is 18.1 Å². The largest absolute Gasteiger partial charge is 0.393 e. The fourth-order valence-corrected chi connectivity index (χ4v) is 1.89. The summed E-state index contributed by atoms with van der Waals surface area (Å²) in [7, 11) is 0. The zero-order chi connectivity index (χ0) is 11.3. The highest BCUT2D eigenvalue weighted by molar-refractivity contribution is 5.78. The normalized spacial score (nSPS) is 26.7. The molecule has 1 amide bonds. The topological polar surface area (TPSA) is 61.4 Å². The highest BCUT2D eigenvalue weighted by Gasteiger charge is 2.19. The minimum absolute atomic E-state index is 0.0520. The van der Waals surface area contributed by atoms with Crippen LogP contribution in [0, 0.1) is 0 Å². The third-order valence-corrected chi connectivity index (χ3v) is 2.70. The van der Waals surface area contributed by atoms with Crippen molar-refractivity contribution in [3.8, 4) is 0 Å². The first-order valence-electron chi connectivity index (χ1n) is 5.78. The fourth-order valence-electron chi connectivity index (χ4n) is 1.89. The van der Waals surface area contributed by atoms with Crippen LogP contribution < -0.4 is 10.6 Å². The highest BCUT2D eigenvalue weighted by atomic mass is 16.3. The average Bonchev–Trinajstić information content (AvgIpc) is 2.16. The number of aliphatic hydroxyl groups excluding tert-OH is 1. The zero-order valence-corrected chi connectivity index (χ0v) is 9.62.